The van der Waals surface area contributed by atoms with E-state index in [1.807, 2.05) is 12.1 Å². The molecule has 0 spiro atoms. The summed E-state index contributed by atoms with van der Waals surface area (Å²) in [5, 5.41) is 1.31. The van der Waals surface area contributed by atoms with Crippen LogP contribution in [0.3, 0.4) is 0 Å². The number of hydrogen-bond acceptors (Lipinski definition) is 1. The number of hydrogen-bond donors (Lipinski definition) is 1. The Morgan fingerprint density at radius 2 is 2.00 bits per heavy atom. The summed E-state index contributed by atoms with van der Waals surface area (Å²) >= 11 is 11.9. The van der Waals surface area contributed by atoms with Crippen molar-refractivity contribution in [1.29, 1.82) is 0 Å². The van der Waals surface area contributed by atoms with Gasteiger partial charge in [0.1, 0.15) is 0 Å². The van der Waals surface area contributed by atoms with Gasteiger partial charge in [0, 0.05) is 6.04 Å². The zero-order valence-corrected chi connectivity index (χ0v) is 9.22. The minimum Gasteiger partial charge on any atom is -0.324 e. The third-order valence-electron chi connectivity index (χ3n) is 2.34. The van der Waals surface area contributed by atoms with E-state index in [-0.39, 0.29) is 18.4 Å². The molecule has 0 saturated heterocycles. The van der Waals surface area contributed by atoms with Gasteiger partial charge in [-0.15, -0.1) is 12.4 Å². The maximum Gasteiger partial charge on any atom is 0.0627 e. The highest BCUT2D eigenvalue weighted by Gasteiger charge is 2.22. The van der Waals surface area contributed by atoms with E-state index in [1.165, 1.54) is 0 Å². The molecule has 72 valence electrons. The lowest BCUT2D eigenvalue weighted by Crippen LogP contribution is -2.04. The molecule has 0 fully saturated rings. The van der Waals surface area contributed by atoms with Gasteiger partial charge in [-0.1, -0.05) is 29.3 Å². The fraction of sp³-hybridized carbons (Fsp3) is 0.333. The topological polar surface area (TPSA) is 26.0 Å². The summed E-state index contributed by atoms with van der Waals surface area (Å²) in [6, 6.07) is 3.93. The van der Waals surface area contributed by atoms with E-state index in [9.17, 15) is 0 Å². The highest BCUT2D eigenvalue weighted by Crippen LogP contribution is 2.37. The minimum absolute atomic E-state index is 0. The quantitative estimate of drug-likeness (QED) is 0.737. The Hall–Kier alpha value is 0.0500. The van der Waals surface area contributed by atoms with E-state index in [0.717, 1.165) is 24.0 Å². The second-order valence-electron chi connectivity index (χ2n) is 3.07. The molecule has 1 aromatic rings. The zero-order chi connectivity index (χ0) is 8.72. The van der Waals surface area contributed by atoms with Crippen molar-refractivity contribution in [2.75, 3.05) is 0 Å². The Morgan fingerprint density at radius 1 is 1.31 bits per heavy atom. The fourth-order valence-electron chi connectivity index (χ4n) is 1.66. The molecular formula is C9H10Cl3N. The van der Waals surface area contributed by atoms with Crippen molar-refractivity contribution >= 4 is 35.6 Å². The maximum atomic E-state index is 6.02. The first kappa shape index (κ1) is 11.1. The Bertz CT molecular complexity index is 325. The molecule has 1 nitrogen and oxygen atoms in total. The molecular weight excluding hydrogens is 228 g/mol. The van der Waals surface area contributed by atoms with Crippen LogP contribution in [0.2, 0.25) is 10.0 Å². The highest BCUT2D eigenvalue weighted by atomic mass is 35.5. The van der Waals surface area contributed by atoms with Crippen LogP contribution in [0.4, 0.5) is 0 Å². The lowest BCUT2D eigenvalue weighted by molar-refractivity contribution is 0.713. The van der Waals surface area contributed by atoms with Crippen LogP contribution < -0.4 is 5.73 Å². The van der Waals surface area contributed by atoms with Crippen molar-refractivity contribution in [3.8, 4) is 0 Å². The predicted molar refractivity (Wildman–Crippen MR) is 59.0 cm³/mol. The number of halogens is 3. The molecule has 0 aliphatic heterocycles. The number of fused-ring (bicyclic) bond motifs is 1. The number of nitrogens with two attached hydrogens (primary N) is 1. The Kier molecular flexibility index (Phi) is 3.47. The Labute approximate surface area is 93.6 Å². The molecule has 0 bridgehead atoms. The van der Waals surface area contributed by atoms with Crippen molar-refractivity contribution in [3.05, 3.63) is 33.3 Å². The molecule has 0 heterocycles. The summed E-state index contributed by atoms with van der Waals surface area (Å²) in [6.45, 7) is 0. The van der Waals surface area contributed by atoms with E-state index < -0.39 is 0 Å². The van der Waals surface area contributed by atoms with Crippen molar-refractivity contribution in [2.45, 2.75) is 18.9 Å². The monoisotopic (exact) mass is 237 g/mol. The van der Waals surface area contributed by atoms with Crippen LogP contribution >= 0.6 is 35.6 Å². The molecule has 0 aromatic heterocycles. The molecule has 13 heavy (non-hydrogen) atoms. The molecule has 0 unspecified atom stereocenters. The molecule has 4 heteroatoms. The van der Waals surface area contributed by atoms with Gasteiger partial charge in [-0.05, 0) is 30.0 Å². The van der Waals surface area contributed by atoms with Gasteiger partial charge >= 0.3 is 0 Å². The van der Waals surface area contributed by atoms with Crippen molar-refractivity contribution < 1.29 is 0 Å². The molecule has 1 aliphatic carbocycles. The van der Waals surface area contributed by atoms with E-state index in [2.05, 4.69) is 0 Å². The average Bonchev–Trinajstić information content (AvgIpc) is 2.41. The third-order valence-corrected chi connectivity index (χ3v) is 3.18. The lowest BCUT2D eigenvalue weighted by Gasteiger charge is -2.06. The van der Waals surface area contributed by atoms with Crippen LogP contribution in [0.25, 0.3) is 0 Å². The van der Waals surface area contributed by atoms with E-state index in [4.69, 9.17) is 28.9 Å². The van der Waals surface area contributed by atoms with Crippen LogP contribution in [0.1, 0.15) is 23.6 Å². The van der Waals surface area contributed by atoms with Gasteiger partial charge in [0.15, 0.2) is 0 Å². The van der Waals surface area contributed by atoms with Gasteiger partial charge in [0.05, 0.1) is 10.0 Å². The standard InChI is InChI=1S/C9H9Cl2N.ClH/c10-7-3-1-5-6(9(7)11)2-4-8(5)12;/h1,3,8H,2,4,12H2;1H/t8-;/m0./s1. The van der Waals surface area contributed by atoms with Gasteiger partial charge in [0.25, 0.3) is 0 Å². The first-order chi connectivity index (χ1) is 5.70. The maximum absolute atomic E-state index is 6.02. The molecule has 2 N–H and O–H groups in total. The van der Waals surface area contributed by atoms with Gasteiger partial charge in [0.2, 0.25) is 0 Å². The summed E-state index contributed by atoms with van der Waals surface area (Å²) in [5.41, 5.74) is 8.16. The lowest BCUT2D eigenvalue weighted by atomic mass is 10.1. The highest BCUT2D eigenvalue weighted by molar-refractivity contribution is 6.42. The normalized spacial score (nSPS) is 19.5. The van der Waals surface area contributed by atoms with Crippen LogP contribution in [0.5, 0.6) is 0 Å². The molecule has 1 aromatic carbocycles. The summed E-state index contributed by atoms with van der Waals surface area (Å²) in [7, 11) is 0. The van der Waals surface area contributed by atoms with Crippen molar-refractivity contribution in [1.82, 2.24) is 0 Å². The first-order valence-corrected chi connectivity index (χ1v) is 4.68. The van der Waals surface area contributed by atoms with E-state index >= 15 is 0 Å². The summed E-state index contributed by atoms with van der Waals surface area (Å²) < 4.78 is 0. The molecule has 0 saturated carbocycles. The Morgan fingerprint density at radius 3 is 2.69 bits per heavy atom. The van der Waals surface area contributed by atoms with Crippen LogP contribution in [-0.4, -0.2) is 0 Å². The van der Waals surface area contributed by atoms with Crippen LogP contribution in [-0.2, 0) is 6.42 Å². The second-order valence-corrected chi connectivity index (χ2v) is 3.86. The van der Waals surface area contributed by atoms with E-state index in [1.54, 1.807) is 0 Å². The molecule has 2 rings (SSSR count). The first-order valence-electron chi connectivity index (χ1n) is 3.92. The van der Waals surface area contributed by atoms with Crippen LogP contribution in [0.15, 0.2) is 12.1 Å². The van der Waals surface area contributed by atoms with E-state index in [0.29, 0.717) is 10.0 Å². The predicted octanol–water partition coefficient (Wildman–Crippen LogP) is 3.36. The van der Waals surface area contributed by atoms with Gasteiger partial charge in [-0.25, -0.2) is 0 Å². The largest absolute Gasteiger partial charge is 0.324 e. The number of rotatable bonds is 0. The summed E-state index contributed by atoms with van der Waals surface area (Å²) in [6.07, 6.45) is 1.94. The SMILES string of the molecule is Cl.N[C@H]1CCc2c1ccc(Cl)c2Cl. The molecule has 1 atom stereocenters. The zero-order valence-electron chi connectivity index (χ0n) is 6.89. The Balaban J connectivity index is 0.000000845. The number of benzene rings is 1. The summed E-state index contributed by atoms with van der Waals surface area (Å²) in [4.78, 5) is 0. The smallest absolute Gasteiger partial charge is 0.0627 e. The molecule has 0 radical (unpaired) electrons. The second kappa shape index (κ2) is 4.05. The average molecular weight is 239 g/mol. The summed E-state index contributed by atoms with van der Waals surface area (Å²) in [5.74, 6) is 0. The fourth-order valence-corrected chi connectivity index (χ4v) is 2.11. The van der Waals surface area contributed by atoms with Crippen molar-refractivity contribution in [3.63, 3.8) is 0 Å². The molecule has 1 aliphatic rings. The van der Waals surface area contributed by atoms with Crippen LogP contribution in [0, 0.1) is 0 Å². The van der Waals surface area contributed by atoms with Gasteiger partial charge < -0.3 is 5.73 Å². The van der Waals surface area contributed by atoms with Gasteiger partial charge in [-0.2, -0.15) is 0 Å². The minimum atomic E-state index is 0. The molecule has 0 amide bonds. The van der Waals surface area contributed by atoms with Gasteiger partial charge in [-0.3, -0.25) is 0 Å². The van der Waals surface area contributed by atoms with Crippen molar-refractivity contribution in [2.24, 2.45) is 5.73 Å². The third kappa shape index (κ3) is 1.79.